The van der Waals surface area contributed by atoms with Gasteiger partial charge in [-0.15, -0.1) is 13.2 Å². The molecule has 21 heavy (non-hydrogen) atoms. The molecule has 2 nitrogen and oxygen atoms in total. The molecular weight excluding hydrogens is 303 g/mol. The highest BCUT2D eigenvalue weighted by Crippen LogP contribution is 2.27. The maximum atomic E-state index is 12.1. The van der Waals surface area contributed by atoms with E-state index in [-0.39, 0.29) is 5.75 Å². The SMILES string of the molecule is Cc1ccc(C(N)c2ccc(OC(F)(F)F)cc2)cc1Cl. The monoisotopic (exact) mass is 315 g/mol. The van der Waals surface area contributed by atoms with E-state index in [0.717, 1.165) is 11.1 Å². The highest BCUT2D eigenvalue weighted by molar-refractivity contribution is 6.31. The summed E-state index contributed by atoms with van der Waals surface area (Å²) in [5, 5.41) is 0.597. The van der Waals surface area contributed by atoms with E-state index in [1.807, 2.05) is 19.1 Å². The van der Waals surface area contributed by atoms with Crippen LogP contribution in [0, 0.1) is 6.92 Å². The Morgan fingerprint density at radius 2 is 1.62 bits per heavy atom. The van der Waals surface area contributed by atoms with Crippen LogP contribution in [0.25, 0.3) is 0 Å². The van der Waals surface area contributed by atoms with Crippen molar-refractivity contribution in [3.8, 4) is 5.75 Å². The van der Waals surface area contributed by atoms with Gasteiger partial charge in [-0.05, 0) is 41.8 Å². The third-order valence-electron chi connectivity index (χ3n) is 3.03. The second kappa shape index (κ2) is 5.95. The lowest BCUT2D eigenvalue weighted by atomic mass is 9.99. The fourth-order valence-corrected chi connectivity index (χ4v) is 2.06. The summed E-state index contributed by atoms with van der Waals surface area (Å²) < 4.78 is 40.1. The van der Waals surface area contributed by atoms with Gasteiger partial charge >= 0.3 is 6.36 Å². The Kier molecular flexibility index (Phi) is 4.44. The molecule has 6 heteroatoms. The van der Waals surface area contributed by atoms with Crippen LogP contribution in [0.5, 0.6) is 5.75 Å². The lowest BCUT2D eigenvalue weighted by Gasteiger charge is -2.15. The van der Waals surface area contributed by atoms with E-state index in [0.29, 0.717) is 10.6 Å². The van der Waals surface area contributed by atoms with Crippen molar-refractivity contribution >= 4 is 11.6 Å². The van der Waals surface area contributed by atoms with Crippen molar-refractivity contribution < 1.29 is 17.9 Å². The van der Waals surface area contributed by atoms with E-state index < -0.39 is 12.4 Å². The number of hydrogen-bond donors (Lipinski definition) is 1. The first-order chi connectivity index (χ1) is 9.76. The van der Waals surface area contributed by atoms with Crippen LogP contribution in [0.15, 0.2) is 42.5 Å². The summed E-state index contributed by atoms with van der Waals surface area (Å²) in [6, 6.07) is 10.4. The maximum absolute atomic E-state index is 12.1. The highest BCUT2D eigenvalue weighted by atomic mass is 35.5. The molecule has 112 valence electrons. The molecule has 0 spiro atoms. The molecule has 0 saturated carbocycles. The number of hydrogen-bond acceptors (Lipinski definition) is 2. The van der Waals surface area contributed by atoms with Crippen LogP contribution in [-0.2, 0) is 0 Å². The molecule has 1 atom stereocenters. The Morgan fingerprint density at radius 3 is 2.14 bits per heavy atom. The zero-order valence-corrected chi connectivity index (χ0v) is 11.9. The van der Waals surface area contributed by atoms with E-state index >= 15 is 0 Å². The summed E-state index contributed by atoms with van der Waals surface area (Å²) in [7, 11) is 0. The zero-order chi connectivity index (χ0) is 15.6. The fourth-order valence-electron chi connectivity index (χ4n) is 1.87. The molecule has 0 aliphatic rings. The predicted molar refractivity (Wildman–Crippen MR) is 75.3 cm³/mol. The maximum Gasteiger partial charge on any atom is 0.573 e. The molecule has 2 rings (SSSR count). The van der Waals surface area contributed by atoms with Crippen molar-refractivity contribution in [1.82, 2.24) is 0 Å². The van der Waals surface area contributed by atoms with E-state index in [4.69, 9.17) is 17.3 Å². The topological polar surface area (TPSA) is 35.2 Å². The average Bonchev–Trinajstić information content (AvgIpc) is 2.40. The standard InChI is InChI=1S/C15H13ClF3NO/c1-9-2-3-11(8-13(9)16)14(20)10-4-6-12(7-5-10)21-15(17,18)19/h2-8,14H,20H2,1H3. The zero-order valence-electron chi connectivity index (χ0n) is 11.1. The van der Waals surface area contributed by atoms with Gasteiger partial charge in [0, 0.05) is 5.02 Å². The van der Waals surface area contributed by atoms with Crippen molar-refractivity contribution in [3.05, 3.63) is 64.2 Å². The molecule has 2 aromatic rings. The summed E-state index contributed by atoms with van der Waals surface area (Å²) in [4.78, 5) is 0. The van der Waals surface area contributed by atoms with Crippen LogP contribution < -0.4 is 10.5 Å². The van der Waals surface area contributed by atoms with Crippen LogP contribution >= 0.6 is 11.6 Å². The fraction of sp³-hybridized carbons (Fsp3) is 0.200. The number of ether oxygens (including phenoxy) is 1. The van der Waals surface area contributed by atoms with Crippen molar-refractivity contribution in [2.75, 3.05) is 0 Å². The minimum Gasteiger partial charge on any atom is -0.406 e. The Labute approximate surface area is 125 Å². The Bertz CT molecular complexity index is 626. The molecule has 2 aromatic carbocycles. The van der Waals surface area contributed by atoms with Crippen molar-refractivity contribution in [1.29, 1.82) is 0 Å². The normalized spacial score (nSPS) is 13.0. The largest absolute Gasteiger partial charge is 0.573 e. The van der Waals surface area contributed by atoms with Gasteiger partial charge in [0.2, 0.25) is 0 Å². The van der Waals surface area contributed by atoms with E-state index in [9.17, 15) is 13.2 Å². The van der Waals surface area contributed by atoms with Crippen LogP contribution in [0.1, 0.15) is 22.7 Å². The molecular formula is C15H13ClF3NO. The molecule has 0 bridgehead atoms. The van der Waals surface area contributed by atoms with Gasteiger partial charge in [0.05, 0.1) is 6.04 Å². The van der Waals surface area contributed by atoms with E-state index in [1.165, 1.54) is 24.3 Å². The average molecular weight is 316 g/mol. The lowest BCUT2D eigenvalue weighted by Crippen LogP contribution is -2.17. The number of halogens is 4. The predicted octanol–water partition coefficient (Wildman–Crippen LogP) is 4.60. The minimum absolute atomic E-state index is 0.277. The quantitative estimate of drug-likeness (QED) is 0.898. The number of alkyl halides is 3. The Morgan fingerprint density at radius 1 is 1.05 bits per heavy atom. The first-order valence-electron chi connectivity index (χ1n) is 6.13. The highest BCUT2D eigenvalue weighted by Gasteiger charge is 2.31. The van der Waals surface area contributed by atoms with Gasteiger partial charge in [-0.1, -0.05) is 35.9 Å². The summed E-state index contributed by atoms with van der Waals surface area (Å²) in [6.07, 6.45) is -4.70. The van der Waals surface area contributed by atoms with E-state index in [1.54, 1.807) is 6.07 Å². The molecule has 1 unspecified atom stereocenters. The third-order valence-corrected chi connectivity index (χ3v) is 3.44. The third kappa shape index (κ3) is 4.12. The molecule has 0 fully saturated rings. The summed E-state index contributed by atoms with van der Waals surface area (Å²) in [6.45, 7) is 1.88. The van der Waals surface area contributed by atoms with Crippen LogP contribution in [0.4, 0.5) is 13.2 Å². The number of benzene rings is 2. The number of rotatable bonds is 3. The number of aryl methyl sites for hydroxylation is 1. The van der Waals surface area contributed by atoms with Gasteiger partial charge in [-0.25, -0.2) is 0 Å². The molecule has 0 saturated heterocycles. The number of nitrogens with two attached hydrogens (primary N) is 1. The lowest BCUT2D eigenvalue weighted by molar-refractivity contribution is -0.274. The van der Waals surface area contributed by atoms with Gasteiger partial charge in [0.1, 0.15) is 5.75 Å². The Balaban J connectivity index is 2.19. The minimum atomic E-state index is -4.70. The van der Waals surface area contributed by atoms with Gasteiger partial charge in [0.25, 0.3) is 0 Å². The summed E-state index contributed by atoms with van der Waals surface area (Å²) >= 11 is 6.04. The molecule has 0 aliphatic heterocycles. The van der Waals surface area contributed by atoms with Crippen molar-refractivity contribution in [3.63, 3.8) is 0 Å². The molecule has 2 N–H and O–H groups in total. The van der Waals surface area contributed by atoms with E-state index in [2.05, 4.69) is 4.74 Å². The Hall–Kier alpha value is -1.72. The molecule has 0 aromatic heterocycles. The smallest absolute Gasteiger partial charge is 0.406 e. The molecule has 0 radical (unpaired) electrons. The summed E-state index contributed by atoms with van der Waals surface area (Å²) in [5.74, 6) is -0.277. The van der Waals surface area contributed by atoms with Gasteiger partial charge in [0.15, 0.2) is 0 Å². The molecule has 0 heterocycles. The molecule has 0 amide bonds. The van der Waals surface area contributed by atoms with Crippen LogP contribution in [-0.4, -0.2) is 6.36 Å². The first kappa shape index (κ1) is 15.7. The van der Waals surface area contributed by atoms with Crippen molar-refractivity contribution in [2.45, 2.75) is 19.3 Å². The van der Waals surface area contributed by atoms with Crippen LogP contribution in [0.2, 0.25) is 5.02 Å². The second-order valence-corrected chi connectivity index (χ2v) is 5.01. The van der Waals surface area contributed by atoms with Gasteiger partial charge in [-0.2, -0.15) is 0 Å². The second-order valence-electron chi connectivity index (χ2n) is 4.60. The summed E-state index contributed by atoms with van der Waals surface area (Å²) in [5.41, 5.74) is 8.48. The van der Waals surface area contributed by atoms with Crippen LogP contribution in [0.3, 0.4) is 0 Å². The van der Waals surface area contributed by atoms with Gasteiger partial charge < -0.3 is 10.5 Å². The molecule has 0 aliphatic carbocycles. The first-order valence-corrected chi connectivity index (χ1v) is 6.51. The van der Waals surface area contributed by atoms with Gasteiger partial charge in [-0.3, -0.25) is 0 Å². The van der Waals surface area contributed by atoms with Crippen molar-refractivity contribution in [2.24, 2.45) is 5.73 Å².